The first-order valence-corrected chi connectivity index (χ1v) is 14.9. The minimum Gasteiger partial charge on any atom is -0.195 e. The predicted octanol–water partition coefficient (Wildman–Crippen LogP) is 8.04. The molecule has 0 aromatic carbocycles. The number of hydrogen-bond acceptors (Lipinski definition) is 6. The molecule has 0 heterocycles. The number of allylic oxidation sites excluding steroid dienone is 2. The molecule has 0 amide bonds. The van der Waals surface area contributed by atoms with E-state index in [0.717, 1.165) is 25.7 Å². The van der Waals surface area contributed by atoms with Gasteiger partial charge in [0.1, 0.15) is 0 Å². The molecule has 0 aliphatic heterocycles. The first-order chi connectivity index (χ1) is 17.7. The number of hydroxylamine groups is 2. The third-order valence-corrected chi connectivity index (χ3v) is 6.19. The van der Waals surface area contributed by atoms with Gasteiger partial charge < -0.3 is 0 Å². The van der Waals surface area contributed by atoms with E-state index in [0.29, 0.717) is 13.1 Å². The van der Waals surface area contributed by atoms with Gasteiger partial charge in [-0.1, -0.05) is 140 Å². The fourth-order valence-corrected chi connectivity index (χ4v) is 3.95. The third kappa shape index (κ3) is 28.6. The Morgan fingerprint density at radius 2 is 0.750 bits per heavy atom. The van der Waals surface area contributed by atoms with E-state index in [4.69, 9.17) is 9.68 Å². The van der Waals surface area contributed by atoms with Gasteiger partial charge in [-0.25, -0.2) is 0 Å². The van der Waals surface area contributed by atoms with Crippen LogP contribution in [0.2, 0.25) is 0 Å². The number of hydrogen-bond donors (Lipinski definition) is 2. The van der Waals surface area contributed by atoms with Gasteiger partial charge in [-0.3, -0.25) is 0 Å². The van der Waals surface area contributed by atoms with Crippen molar-refractivity contribution in [1.82, 2.24) is 11.0 Å². The highest BCUT2D eigenvalue weighted by Gasteiger charge is 2.13. The van der Waals surface area contributed by atoms with Crippen LogP contribution < -0.4 is 11.0 Å². The highest BCUT2D eigenvalue weighted by molar-refractivity contribution is 5.84. The lowest BCUT2D eigenvalue weighted by atomic mass is 10.1. The lowest BCUT2D eigenvalue weighted by molar-refractivity contribution is -0.145. The summed E-state index contributed by atoms with van der Waals surface area (Å²) in [4.78, 5) is 33.2. The van der Waals surface area contributed by atoms with Gasteiger partial charge in [-0.05, 0) is 25.0 Å². The van der Waals surface area contributed by atoms with Crippen LogP contribution in [0.15, 0.2) is 24.3 Å². The van der Waals surface area contributed by atoms with E-state index in [9.17, 15) is 9.59 Å². The lowest BCUT2D eigenvalue weighted by Crippen LogP contribution is -2.19. The van der Waals surface area contributed by atoms with Crippen molar-refractivity contribution < 1.29 is 19.3 Å². The molecule has 0 atom stereocenters. The topological polar surface area (TPSA) is 82.3 Å². The van der Waals surface area contributed by atoms with E-state index in [1.54, 1.807) is 0 Å². The Hall–Kier alpha value is -1.66. The van der Waals surface area contributed by atoms with E-state index in [2.05, 4.69) is 24.8 Å². The van der Waals surface area contributed by atoms with E-state index < -0.39 is 11.9 Å². The summed E-state index contributed by atoms with van der Waals surface area (Å²) in [6.07, 6.45) is 31.0. The van der Waals surface area contributed by atoms with Gasteiger partial charge in [0.05, 0.1) is 34.8 Å². The van der Waals surface area contributed by atoms with E-state index in [-0.39, 0.29) is 0 Å². The summed E-state index contributed by atoms with van der Waals surface area (Å²) in [6, 6.07) is 0. The SMILES string of the molecule is CCCCCCCCCCCCNOC(=[O+])/C=C\C=C\C(=[O+])ONCCCCCCCCCCCC. The molecule has 0 spiro atoms. The first kappa shape index (κ1) is 34.3. The third-order valence-electron chi connectivity index (χ3n) is 6.19. The molecule has 0 fully saturated rings. The summed E-state index contributed by atoms with van der Waals surface area (Å²) in [7, 11) is 0. The van der Waals surface area contributed by atoms with Crippen LogP contribution in [-0.2, 0) is 19.3 Å². The average Bonchev–Trinajstić information content (AvgIpc) is 2.88. The fourth-order valence-electron chi connectivity index (χ4n) is 3.95. The quantitative estimate of drug-likeness (QED) is 0.0384. The number of carbonyl (C=O) groups is 2. The molecule has 0 unspecified atom stereocenters. The summed E-state index contributed by atoms with van der Waals surface area (Å²) < 4.78 is 0. The molecule has 0 aliphatic carbocycles. The fraction of sp³-hybridized carbons (Fsp3) is 0.800. The van der Waals surface area contributed by atoms with Gasteiger partial charge in [0.2, 0.25) is 0 Å². The summed E-state index contributed by atoms with van der Waals surface area (Å²) in [6.45, 7) is 5.80. The molecule has 0 aliphatic rings. The maximum absolute atomic E-state index is 11.6. The zero-order chi connectivity index (χ0) is 26.4. The van der Waals surface area contributed by atoms with E-state index in [1.807, 2.05) is 0 Å². The maximum Gasteiger partial charge on any atom is 0.623 e. The van der Waals surface area contributed by atoms with Crippen LogP contribution in [0, 0.1) is 0 Å². The Bertz CT molecular complexity index is 501. The van der Waals surface area contributed by atoms with Crippen LogP contribution >= 0.6 is 0 Å². The molecule has 0 aromatic heterocycles. The van der Waals surface area contributed by atoms with Crippen LogP contribution in [0.4, 0.5) is 0 Å². The van der Waals surface area contributed by atoms with Crippen LogP contribution in [0.1, 0.15) is 142 Å². The molecular formula is C30H56N2O4+2. The second-order valence-electron chi connectivity index (χ2n) is 9.71. The lowest BCUT2D eigenvalue weighted by Gasteiger charge is -2.01. The van der Waals surface area contributed by atoms with Gasteiger partial charge in [-0.15, -0.1) is 0 Å². The molecule has 6 nitrogen and oxygen atoms in total. The highest BCUT2D eigenvalue weighted by Crippen LogP contribution is 2.11. The Labute approximate surface area is 222 Å². The molecule has 36 heavy (non-hydrogen) atoms. The number of rotatable bonds is 27. The van der Waals surface area contributed by atoms with Gasteiger partial charge in [0, 0.05) is 0 Å². The number of carbonyl (C=O) groups excluding carboxylic acids is 2. The van der Waals surface area contributed by atoms with Gasteiger partial charge in [-0.2, -0.15) is 9.68 Å². The summed E-state index contributed by atoms with van der Waals surface area (Å²) in [5.74, 6) is -0.974. The van der Waals surface area contributed by atoms with Crippen LogP contribution in [-0.4, -0.2) is 25.0 Å². The zero-order valence-corrected chi connectivity index (χ0v) is 23.5. The minimum absolute atomic E-state index is 0.487. The summed E-state index contributed by atoms with van der Waals surface area (Å²) in [5, 5.41) is 0. The monoisotopic (exact) mass is 508 g/mol. The smallest absolute Gasteiger partial charge is 0.195 e. The standard InChI is InChI=1S/C30H56N2O4/c1-3-5-7-9-11-13-15-17-19-23-27-31-35-29(33)25-21-22-26-30(34)36-32-28-24-20-18-16-14-12-10-8-6-4-2/h21-22,25-26,31-32H,3-20,23-24,27-28H2,1-2H3/q+2/b25-21-,26-22+. The molecule has 2 radical (unpaired) electrons. The first-order valence-electron chi connectivity index (χ1n) is 14.9. The maximum atomic E-state index is 11.6. The zero-order valence-electron chi connectivity index (χ0n) is 23.5. The predicted molar refractivity (Wildman–Crippen MR) is 150 cm³/mol. The van der Waals surface area contributed by atoms with Crippen molar-refractivity contribution in [2.45, 2.75) is 142 Å². The van der Waals surface area contributed by atoms with Crippen molar-refractivity contribution in [3.8, 4) is 0 Å². The van der Waals surface area contributed by atoms with Crippen molar-refractivity contribution in [1.29, 1.82) is 0 Å². The molecule has 6 heteroatoms. The molecule has 0 saturated heterocycles. The van der Waals surface area contributed by atoms with E-state index >= 15 is 0 Å². The Morgan fingerprint density at radius 1 is 0.472 bits per heavy atom. The molecule has 0 bridgehead atoms. The number of nitrogens with one attached hydrogen (secondary N) is 2. The largest absolute Gasteiger partial charge is 0.623 e. The summed E-state index contributed by atoms with van der Waals surface area (Å²) >= 11 is 0. The number of unbranched alkanes of at least 4 members (excludes halogenated alkanes) is 18. The van der Waals surface area contributed by atoms with Crippen molar-refractivity contribution in [2.24, 2.45) is 0 Å². The van der Waals surface area contributed by atoms with Crippen LogP contribution in [0.3, 0.4) is 0 Å². The molecule has 0 rings (SSSR count). The molecular weight excluding hydrogens is 452 g/mol. The minimum atomic E-state index is -0.487. The van der Waals surface area contributed by atoms with Crippen molar-refractivity contribution in [2.75, 3.05) is 13.1 Å². The van der Waals surface area contributed by atoms with Gasteiger partial charge >= 0.3 is 11.9 Å². The Morgan fingerprint density at radius 3 is 1.06 bits per heavy atom. The van der Waals surface area contributed by atoms with Crippen LogP contribution in [0.25, 0.3) is 0 Å². The second kappa shape index (κ2) is 29.6. The van der Waals surface area contributed by atoms with Gasteiger partial charge in [0.15, 0.2) is 0 Å². The molecule has 2 N–H and O–H groups in total. The molecule has 0 saturated carbocycles. The van der Waals surface area contributed by atoms with Gasteiger partial charge in [0.25, 0.3) is 0 Å². The Balaban J connectivity index is 3.45. The normalized spacial score (nSPS) is 11.5. The summed E-state index contributed by atoms with van der Waals surface area (Å²) in [5.41, 5.74) is 5.40. The second-order valence-corrected chi connectivity index (χ2v) is 9.71. The van der Waals surface area contributed by atoms with E-state index in [1.165, 1.54) is 127 Å². The average molecular weight is 509 g/mol. The molecule has 208 valence electrons. The van der Waals surface area contributed by atoms with Crippen LogP contribution in [0.5, 0.6) is 0 Å². The van der Waals surface area contributed by atoms with Crippen molar-refractivity contribution in [3.63, 3.8) is 0 Å². The van der Waals surface area contributed by atoms with Crippen molar-refractivity contribution in [3.05, 3.63) is 24.3 Å². The molecule has 0 aromatic rings. The highest BCUT2D eigenvalue weighted by atomic mass is 16.7. The van der Waals surface area contributed by atoms with Crippen molar-refractivity contribution >= 4 is 11.9 Å². The Kier molecular flexibility index (Phi) is 28.2.